The summed E-state index contributed by atoms with van der Waals surface area (Å²) in [5.41, 5.74) is 5.82. The van der Waals surface area contributed by atoms with Gasteiger partial charge in [-0.15, -0.1) is 24.0 Å². The van der Waals surface area contributed by atoms with Crippen LogP contribution in [-0.2, 0) is 0 Å². The van der Waals surface area contributed by atoms with Gasteiger partial charge < -0.3 is 11.1 Å². The number of hydrogen-bond donors (Lipinski definition) is 2. The highest BCUT2D eigenvalue weighted by Gasteiger charge is 2.42. The van der Waals surface area contributed by atoms with Crippen molar-refractivity contribution in [3.8, 4) is 0 Å². The van der Waals surface area contributed by atoms with Crippen LogP contribution in [0.15, 0.2) is 23.2 Å². The molecule has 0 aromatic heterocycles. The Bertz CT molecular complexity index is 445. The summed E-state index contributed by atoms with van der Waals surface area (Å²) in [7, 11) is 0. The molecule has 0 saturated heterocycles. The lowest BCUT2D eigenvalue weighted by molar-refractivity contribution is 0.554. The third kappa shape index (κ3) is 4.02. The van der Waals surface area contributed by atoms with Gasteiger partial charge in [-0.3, -0.25) is 4.99 Å². The average Bonchev–Trinajstić information content (AvgIpc) is 3.05. The number of nitrogens with one attached hydrogen (secondary N) is 1. The van der Waals surface area contributed by atoms with E-state index in [2.05, 4.69) is 10.3 Å². The van der Waals surface area contributed by atoms with Crippen LogP contribution >= 0.6 is 24.0 Å². The van der Waals surface area contributed by atoms with E-state index in [4.69, 9.17) is 5.73 Å². The van der Waals surface area contributed by atoms with Crippen LogP contribution in [0.4, 0.5) is 8.78 Å². The summed E-state index contributed by atoms with van der Waals surface area (Å²) in [6, 6.07) is 3.91. The van der Waals surface area contributed by atoms with E-state index < -0.39 is 11.6 Å². The first-order valence-electron chi connectivity index (χ1n) is 6.13. The molecule has 19 heavy (non-hydrogen) atoms. The van der Waals surface area contributed by atoms with Gasteiger partial charge in [0.1, 0.15) is 11.6 Å². The van der Waals surface area contributed by atoms with Gasteiger partial charge in [0, 0.05) is 24.1 Å². The maximum atomic E-state index is 13.5. The topological polar surface area (TPSA) is 50.4 Å². The molecule has 2 atom stereocenters. The van der Waals surface area contributed by atoms with E-state index in [1.54, 1.807) is 0 Å². The number of aliphatic imine (C=N–C) groups is 1. The van der Waals surface area contributed by atoms with Gasteiger partial charge in [-0.25, -0.2) is 8.78 Å². The summed E-state index contributed by atoms with van der Waals surface area (Å²) in [6.07, 6.45) is 1.60. The SMILES string of the molecule is CCCN=C(N)NC1CC1c1c(F)cccc1F.I. The first-order chi connectivity index (χ1) is 8.63. The predicted molar refractivity (Wildman–Crippen MR) is 82.8 cm³/mol. The van der Waals surface area contributed by atoms with E-state index in [-0.39, 0.29) is 41.5 Å². The minimum Gasteiger partial charge on any atom is -0.370 e. The molecule has 1 aliphatic rings. The van der Waals surface area contributed by atoms with E-state index in [1.165, 1.54) is 18.2 Å². The highest BCUT2D eigenvalue weighted by atomic mass is 127. The lowest BCUT2D eigenvalue weighted by atomic mass is 10.1. The fraction of sp³-hybridized carbons (Fsp3) is 0.462. The fourth-order valence-electron chi connectivity index (χ4n) is 2.01. The lowest BCUT2D eigenvalue weighted by Gasteiger charge is -2.06. The maximum Gasteiger partial charge on any atom is 0.188 e. The van der Waals surface area contributed by atoms with E-state index in [1.807, 2.05) is 6.92 Å². The van der Waals surface area contributed by atoms with Crippen molar-refractivity contribution in [2.45, 2.75) is 31.7 Å². The third-order valence-corrected chi connectivity index (χ3v) is 3.00. The summed E-state index contributed by atoms with van der Waals surface area (Å²) in [5, 5.41) is 2.99. The Hall–Kier alpha value is -0.920. The zero-order valence-corrected chi connectivity index (χ0v) is 13.0. The summed E-state index contributed by atoms with van der Waals surface area (Å²) >= 11 is 0. The molecule has 1 aromatic rings. The standard InChI is InChI=1S/C13H17F2N3.HI/c1-2-6-17-13(16)18-11-7-8(11)12-9(14)4-3-5-10(12)15;/h3-5,8,11H,2,6-7H2,1H3,(H3,16,17,18);1H. The highest BCUT2D eigenvalue weighted by Crippen LogP contribution is 2.42. The van der Waals surface area contributed by atoms with Crippen molar-refractivity contribution in [2.75, 3.05) is 6.54 Å². The first-order valence-corrected chi connectivity index (χ1v) is 6.13. The van der Waals surface area contributed by atoms with Crippen molar-refractivity contribution in [3.05, 3.63) is 35.4 Å². The Kier molecular flexibility index (Phi) is 5.96. The zero-order chi connectivity index (χ0) is 13.1. The van der Waals surface area contributed by atoms with Crippen LogP contribution in [0, 0.1) is 11.6 Å². The van der Waals surface area contributed by atoms with Crippen molar-refractivity contribution in [2.24, 2.45) is 10.7 Å². The minimum atomic E-state index is -0.492. The molecule has 0 spiro atoms. The smallest absolute Gasteiger partial charge is 0.188 e. The van der Waals surface area contributed by atoms with Crippen LogP contribution in [0.3, 0.4) is 0 Å². The quantitative estimate of drug-likeness (QED) is 0.479. The van der Waals surface area contributed by atoms with Crippen LogP contribution < -0.4 is 11.1 Å². The van der Waals surface area contributed by atoms with Crippen molar-refractivity contribution >= 4 is 29.9 Å². The Morgan fingerprint density at radius 2 is 2.05 bits per heavy atom. The number of benzene rings is 1. The summed E-state index contributed by atoms with van der Waals surface area (Å²) in [6.45, 7) is 2.66. The molecule has 2 unspecified atom stereocenters. The summed E-state index contributed by atoms with van der Waals surface area (Å²) in [5.74, 6) is -0.788. The summed E-state index contributed by atoms with van der Waals surface area (Å²) < 4.78 is 27.1. The second-order valence-electron chi connectivity index (χ2n) is 4.50. The second-order valence-corrected chi connectivity index (χ2v) is 4.50. The van der Waals surface area contributed by atoms with E-state index in [0.717, 1.165) is 6.42 Å². The van der Waals surface area contributed by atoms with Gasteiger partial charge in [0.2, 0.25) is 0 Å². The minimum absolute atomic E-state index is 0. The van der Waals surface area contributed by atoms with Gasteiger partial charge in [0.05, 0.1) is 0 Å². The van der Waals surface area contributed by atoms with Crippen LogP contribution in [-0.4, -0.2) is 18.5 Å². The van der Waals surface area contributed by atoms with Gasteiger partial charge >= 0.3 is 0 Å². The van der Waals surface area contributed by atoms with Crippen molar-refractivity contribution in [3.63, 3.8) is 0 Å². The highest BCUT2D eigenvalue weighted by molar-refractivity contribution is 14.0. The largest absolute Gasteiger partial charge is 0.370 e. The normalized spacial score (nSPS) is 21.7. The average molecular weight is 381 g/mol. The number of nitrogens with zero attached hydrogens (tertiary/aromatic N) is 1. The molecule has 3 N–H and O–H groups in total. The molecule has 1 aromatic carbocycles. The Balaban J connectivity index is 0.00000180. The Labute approximate surface area is 128 Å². The lowest BCUT2D eigenvalue weighted by Crippen LogP contribution is -2.34. The molecule has 3 nitrogen and oxygen atoms in total. The molecule has 106 valence electrons. The molecule has 2 rings (SSSR count). The number of rotatable bonds is 4. The molecule has 0 amide bonds. The molecular weight excluding hydrogens is 363 g/mol. The molecule has 0 radical (unpaired) electrons. The van der Waals surface area contributed by atoms with Crippen LogP contribution in [0.25, 0.3) is 0 Å². The summed E-state index contributed by atoms with van der Waals surface area (Å²) in [4.78, 5) is 4.09. The molecule has 1 fully saturated rings. The van der Waals surface area contributed by atoms with Gasteiger partial charge in [0.25, 0.3) is 0 Å². The van der Waals surface area contributed by atoms with Crippen molar-refractivity contribution in [1.29, 1.82) is 0 Å². The Morgan fingerprint density at radius 1 is 1.42 bits per heavy atom. The van der Waals surface area contributed by atoms with Gasteiger partial charge in [0.15, 0.2) is 5.96 Å². The van der Waals surface area contributed by atoms with E-state index in [9.17, 15) is 8.78 Å². The van der Waals surface area contributed by atoms with Gasteiger partial charge in [-0.05, 0) is 25.0 Å². The molecule has 6 heteroatoms. The molecule has 0 aliphatic heterocycles. The van der Waals surface area contributed by atoms with E-state index >= 15 is 0 Å². The maximum absolute atomic E-state index is 13.5. The van der Waals surface area contributed by atoms with E-state index in [0.29, 0.717) is 18.9 Å². The fourth-order valence-corrected chi connectivity index (χ4v) is 2.01. The monoisotopic (exact) mass is 381 g/mol. The number of halogens is 3. The van der Waals surface area contributed by atoms with Crippen LogP contribution in [0.2, 0.25) is 0 Å². The van der Waals surface area contributed by atoms with Crippen molar-refractivity contribution in [1.82, 2.24) is 5.32 Å². The number of nitrogens with two attached hydrogens (primary N) is 1. The first kappa shape index (κ1) is 16.1. The number of guanidine groups is 1. The van der Waals surface area contributed by atoms with Gasteiger partial charge in [-0.2, -0.15) is 0 Å². The molecule has 1 aliphatic carbocycles. The number of hydrogen-bond acceptors (Lipinski definition) is 1. The molecule has 1 saturated carbocycles. The molecular formula is C13H18F2IN3. The third-order valence-electron chi connectivity index (χ3n) is 3.00. The molecule has 0 bridgehead atoms. The van der Waals surface area contributed by atoms with Gasteiger partial charge in [-0.1, -0.05) is 13.0 Å². The van der Waals surface area contributed by atoms with Crippen LogP contribution in [0.5, 0.6) is 0 Å². The van der Waals surface area contributed by atoms with Crippen molar-refractivity contribution < 1.29 is 8.78 Å². The predicted octanol–water partition coefficient (Wildman–Crippen LogP) is 2.75. The second kappa shape index (κ2) is 7.02. The Morgan fingerprint density at radius 3 is 2.63 bits per heavy atom. The van der Waals surface area contributed by atoms with Crippen LogP contribution in [0.1, 0.15) is 31.2 Å². The zero-order valence-electron chi connectivity index (χ0n) is 10.7. The molecule has 0 heterocycles.